The third kappa shape index (κ3) is 3.25. The van der Waals surface area contributed by atoms with Crippen molar-refractivity contribution in [3.8, 4) is 0 Å². The van der Waals surface area contributed by atoms with E-state index in [0.717, 1.165) is 12.1 Å². The smallest absolute Gasteiger partial charge is 0.325 e. The molecule has 0 fully saturated rings. The Morgan fingerprint density at radius 3 is 2.20 bits per heavy atom. The van der Waals surface area contributed by atoms with Crippen LogP contribution in [0, 0.1) is 0 Å². The Hall–Kier alpha value is -1.56. The van der Waals surface area contributed by atoms with E-state index in [0.29, 0.717) is 5.69 Å². The SMILES string of the molecule is NCC(=O)Nc1ccc(C(F)(F)F)cc1. The van der Waals surface area contributed by atoms with Crippen LogP contribution in [0.2, 0.25) is 0 Å². The molecule has 0 aromatic heterocycles. The summed E-state index contributed by atoms with van der Waals surface area (Å²) < 4.78 is 36.4. The first-order valence-electron chi connectivity index (χ1n) is 4.10. The monoisotopic (exact) mass is 218 g/mol. The van der Waals surface area contributed by atoms with Gasteiger partial charge in [-0.05, 0) is 24.3 Å². The number of hydrogen-bond acceptors (Lipinski definition) is 2. The Morgan fingerprint density at radius 2 is 1.80 bits per heavy atom. The predicted octanol–water partition coefficient (Wildman–Crippen LogP) is 1.60. The molecule has 0 saturated heterocycles. The van der Waals surface area contributed by atoms with Crippen molar-refractivity contribution in [2.45, 2.75) is 6.18 Å². The number of amides is 1. The van der Waals surface area contributed by atoms with E-state index in [1.165, 1.54) is 12.1 Å². The number of rotatable bonds is 2. The first kappa shape index (κ1) is 11.5. The van der Waals surface area contributed by atoms with Gasteiger partial charge in [0.2, 0.25) is 5.91 Å². The standard InChI is InChI=1S/C9H9F3N2O/c10-9(11,12)6-1-3-7(4-2-6)14-8(15)5-13/h1-4H,5,13H2,(H,14,15). The maximum Gasteiger partial charge on any atom is 0.416 e. The summed E-state index contributed by atoms with van der Waals surface area (Å²) in [7, 11) is 0. The van der Waals surface area contributed by atoms with E-state index in [1.54, 1.807) is 0 Å². The summed E-state index contributed by atoms with van der Waals surface area (Å²) in [6.45, 7) is -0.207. The Bertz CT molecular complexity index is 345. The molecule has 3 N–H and O–H groups in total. The third-order valence-electron chi connectivity index (χ3n) is 1.68. The van der Waals surface area contributed by atoms with Gasteiger partial charge in [-0.15, -0.1) is 0 Å². The molecule has 3 nitrogen and oxygen atoms in total. The molecule has 1 aromatic rings. The van der Waals surface area contributed by atoms with E-state index < -0.39 is 17.6 Å². The largest absolute Gasteiger partial charge is 0.416 e. The maximum absolute atomic E-state index is 12.1. The lowest BCUT2D eigenvalue weighted by Crippen LogP contribution is -2.21. The summed E-state index contributed by atoms with van der Waals surface area (Å²) in [6.07, 6.45) is -4.36. The van der Waals surface area contributed by atoms with Crippen molar-refractivity contribution in [3.63, 3.8) is 0 Å². The van der Waals surface area contributed by atoms with Crippen molar-refractivity contribution >= 4 is 11.6 Å². The van der Waals surface area contributed by atoms with Gasteiger partial charge in [-0.1, -0.05) is 0 Å². The second-order valence-electron chi connectivity index (χ2n) is 2.83. The molecule has 0 aliphatic rings. The summed E-state index contributed by atoms with van der Waals surface area (Å²) in [5.74, 6) is -0.449. The number of benzene rings is 1. The Kier molecular flexibility index (Phi) is 3.31. The molecule has 82 valence electrons. The zero-order valence-corrected chi connectivity index (χ0v) is 7.64. The van der Waals surface area contributed by atoms with Gasteiger partial charge in [0.05, 0.1) is 12.1 Å². The molecule has 0 radical (unpaired) electrons. The highest BCUT2D eigenvalue weighted by molar-refractivity contribution is 5.92. The molecule has 6 heteroatoms. The van der Waals surface area contributed by atoms with Crippen molar-refractivity contribution in [2.24, 2.45) is 5.73 Å². The number of carbonyl (C=O) groups excluding carboxylic acids is 1. The van der Waals surface area contributed by atoms with E-state index in [4.69, 9.17) is 5.73 Å². The second kappa shape index (κ2) is 4.31. The van der Waals surface area contributed by atoms with Gasteiger partial charge in [0.15, 0.2) is 0 Å². The summed E-state index contributed by atoms with van der Waals surface area (Å²) in [6, 6.07) is 4.14. The van der Waals surface area contributed by atoms with Gasteiger partial charge in [-0.3, -0.25) is 4.79 Å². The molecular formula is C9H9F3N2O. The number of hydrogen-bond donors (Lipinski definition) is 2. The summed E-state index contributed by atoms with van der Waals surface area (Å²) >= 11 is 0. The molecule has 1 aromatic carbocycles. The lowest BCUT2D eigenvalue weighted by Gasteiger charge is -2.07. The molecule has 0 aliphatic heterocycles. The number of anilines is 1. The highest BCUT2D eigenvalue weighted by Gasteiger charge is 2.29. The third-order valence-corrected chi connectivity index (χ3v) is 1.68. The van der Waals surface area contributed by atoms with E-state index >= 15 is 0 Å². The molecule has 0 bridgehead atoms. The predicted molar refractivity (Wildman–Crippen MR) is 49.1 cm³/mol. The highest BCUT2D eigenvalue weighted by atomic mass is 19.4. The first-order chi connectivity index (χ1) is 6.93. The van der Waals surface area contributed by atoms with E-state index in [2.05, 4.69) is 5.32 Å². The fourth-order valence-electron chi connectivity index (χ4n) is 0.955. The fourth-order valence-corrected chi connectivity index (χ4v) is 0.955. The average Bonchev–Trinajstić information content (AvgIpc) is 2.17. The Morgan fingerprint density at radius 1 is 1.27 bits per heavy atom. The van der Waals surface area contributed by atoms with Crippen LogP contribution in [0.25, 0.3) is 0 Å². The Balaban J connectivity index is 2.77. The quantitative estimate of drug-likeness (QED) is 0.792. The van der Waals surface area contributed by atoms with Crippen LogP contribution in [0.1, 0.15) is 5.56 Å². The van der Waals surface area contributed by atoms with Gasteiger partial charge in [0.25, 0.3) is 0 Å². The normalized spacial score (nSPS) is 11.2. The molecule has 0 saturated carbocycles. The average molecular weight is 218 g/mol. The molecule has 0 heterocycles. The minimum absolute atomic E-state index is 0.207. The zero-order valence-electron chi connectivity index (χ0n) is 7.64. The van der Waals surface area contributed by atoms with Gasteiger partial charge in [0.1, 0.15) is 0 Å². The van der Waals surface area contributed by atoms with Crippen LogP contribution in [0.3, 0.4) is 0 Å². The van der Waals surface area contributed by atoms with Crippen LogP contribution < -0.4 is 11.1 Å². The number of alkyl halides is 3. The number of nitrogens with one attached hydrogen (secondary N) is 1. The van der Waals surface area contributed by atoms with Crippen LogP contribution in [0.4, 0.5) is 18.9 Å². The fraction of sp³-hybridized carbons (Fsp3) is 0.222. The molecular weight excluding hydrogens is 209 g/mol. The zero-order chi connectivity index (χ0) is 11.5. The van der Waals surface area contributed by atoms with Gasteiger partial charge in [-0.2, -0.15) is 13.2 Å². The van der Waals surface area contributed by atoms with E-state index in [1.807, 2.05) is 0 Å². The maximum atomic E-state index is 12.1. The lowest BCUT2D eigenvalue weighted by molar-refractivity contribution is -0.137. The van der Waals surface area contributed by atoms with E-state index in [9.17, 15) is 18.0 Å². The molecule has 15 heavy (non-hydrogen) atoms. The van der Waals surface area contributed by atoms with Crippen LogP contribution in [-0.2, 0) is 11.0 Å². The van der Waals surface area contributed by atoms with Gasteiger partial charge < -0.3 is 11.1 Å². The van der Waals surface area contributed by atoms with Crippen molar-refractivity contribution < 1.29 is 18.0 Å². The van der Waals surface area contributed by atoms with Crippen LogP contribution in [-0.4, -0.2) is 12.5 Å². The summed E-state index contributed by atoms with van der Waals surface area (Å²) in [4.78, 5) is 10.8. The molecule has 0 aliphatic carbocycles. The van der Waals surface area contributed by atoms with Gasteiger partial charge >= 0.3 is 6.18 Å². The minimum atomic E-state index is -4.36. The van der Waals surface area contributed by atoms with Crippen molar-refractivity contribution in [1.29, 1.82) is 0 Å². The van der Waals surface area contributed by atoms with Crippen LogP contribution in [0.15, 0.2) is 24.3 Å². The topological polar surface area (TPSA) is 55.1 Å². The lowest BCUT2D eigenvalue weighted by atomic mass is 10.2. The van der Waals surface area contributed by atoms with E-state index in [-0.39, 0.29) is 6.54 Å². The van der Waals surface area contributed by atoms with Gasteiger partial charge in [-0.25, -0.2) is 0 Å². The number of nitrogens with two attached hydrogens (primary N) is 1. The molecule has 0 atom stereocenters. The molecule has 1 amide bonds. The number of carbonyl (C=O) groups is 1. The van der Waals surface area contributed by atoms with Crippen molar-refractivity contribution in [3.05, 3.63) is 29.8 Å². The first-order valence-corrected chi connectivity index (χ1v) is 4.10. The van der Waals surface area contributed by atoms with Gasteiger partial charge in [0, 0.05) is 5.69 Å². The number of halogens is 3. The van der Waals surface area contributed by atoms with Crippen LogP contribution in [0.5, 0.6) is 0 Å². The summed E-state index contributed by atoms with van der Waals surface area (Å²) in [5.41, 5.74) is 4.56. The molecule has 1 rings (SSSR count). The minimum Gasteiger partial charge on any atom is -0.325 e. The van der Waals surface area contributed by atoms with Crippen LogP contribution >= 0.6 is 0 Å². The molecule has 0 spiro atoms. The second-order valence-corrected chi connectivity index (χ2v) is 2.83. The summed E-state index contributed by atoms with van der Waals surface area (Å²) in [5, 5.41) is 2.34. The van der Waals surface area contributed by atoms with Crippen molar-refractivity contribution in [1.82, 2.24) is 0 Å². The highest BCUT2D eigenvalue weighted by Crippen LogP contribution is 2.29. The van der Waals surface area contributed by atoms with Crippen molar-refractivity contribution in [2.75, 3.05) is 11.9 Å². The Labute approximate surface area is 84.1 Å². The molecule has 0 unspecified atom stereocenters.